The second kappa shape index (κ2) is 6.53. The lowest BCUT2D eigenvalue weighted by molar-refractivity contribution is 0.00363. The zero-order valence-corrected chi connectivity index (χ0v) is 10.9. The van der Waals surface area contributed by atoms with Gasteiger partial charge in [0.1, 0.15) is 0 Å². The lowest BCUT2D eigenvalue weighted by Crippen LogP contribution is -2.39. The first kappa shape index (κ1) is 13.1. The summed E-state index contributed by atoms with van der Waals surface area (Å²) in [6.07, 6.45) is 2.74. The monoisotopic (exact) mass is 244 g/mol. The Labute approximate surface area is 109 Å². The first-order valence-corrected chi connectivity index (χ1v) is 6.65. The molecular weight excluding hydrogens is 224 g/mol. The number of rotatable bonds is 4. The van der Waals surface area contributed by atoms with Gasteiger partial charge in [0.15, 0.2) is 0 Å². The van der Waals surface area contributed by atoms with Gasteiger partial charge in [-0.3, -0.25) is 4.90 Å². The van der Waals surface area contributed by atoms with Crippen molar-refractivity contribution < 1.29 is 4.74 Å². The molecule has 1 unspecified atom stereocenters. The Hall–Kier alpha value is -1.37. The molecule has 18 heavy (non-hydrogen) atoms. The first-order chi connectivity index (χ1) is 8.81. The van der Waals surface area contributed by atoms with E-state index in [2.05, 4.69) is 24.0 Å². The van der Waals surface area contributed by atoms with Gasteiger partial charge < -0.3 is 4.74 Å². The highest BCUT2D eigenvalue weighted by atomic mass is 16.5. The van der Waals surface area contributed by atoms with Crippen molar-refractivity contribution in [2.75, 3.05) is 19.7 Å². The minimum Gasteiger partial charge on any atom is -0.377 e. The van der Waals surface area contributed by atoms with Crippen LogP contribution in [0, 0.1) is 11.3 Å². The van der Waals surface area contributed by atoms with Gasteiger partial charge in [0.05, 0.1) is 17.7 Å². The van der Waals surface area contributed by atoms with E-state index >= 15 is 0 Å². The molecule has 1 saturated heterocycles. The molecule has 96 valence electrons. The van der Waals surface area contributed by atoms with E-state index in [9.17, 15) is 0 Å². The van der Waals surface area contributed by atoms with Gasteiger partial charge in [0.25, 0.3) is 0 Å². The summed E-state index contributed by atoms with van der Waals surface area (Å²) in [7, 11) is 0. The lowest BCUT2D eigenvalue weighted by Gasteiger charge is -2.32. The van der Waals surface area contributed by atoms with Crippen molar-refractivity contribution in [3.63, 3.8) is 0 Å². The lowest BCUT2D eigenvalue weighted by atomic mass is 10.1. The summed E-state index contributed by atoms with van der Waals surface area (Å²) in [5.74, 6) is 0. The van der Waals surface area contributed by atoms with Crippen LogP contribution in [0.5, 0.6) is 0 Å². The summed E-state index contributed by atoms with van der Waals surface area (Å²) in [5, 5.41) is 8.90. The van der Waals surface area contributed by atoms with Crippen LogP contribution in [0.4, 0.5) is 0 Å². The highest BCUT2D eigenvalue weighted by Crippen LogP contribution is 2.16. The SMILES string of the molecule is CCOC1CCCN(Cc2cccc(C#N)c2)C1. The fourth-order valence-electron chi connectivity index (χ4n) is 2.53. The molecule has 0 spiro atoms. The van der Waals surface area contributed by atoms with Gasteiger partial charge in [0, 0.05) is 19.7 Å². The normalized spacial score (nSPS) is 20.6. The molecule has 0 saturated carbocycles. The maximum Gasteiger partial charge on any atom is 0.0991 e. The van der Waals surface area contributed by atoms with Gasteiger partial charge in [-0.25, -0.2) is 0 Å². The molecule has 0 aromatic heterocycles. The van der Waals surface area contributed by atoms with Crippen LogP contribution >= 0.6 is 0 Å². The quantitative estimate of drug-likeness (QED) is 0.816. The molecule has 1 atom stereocenters. The van der Waals surface area contributed by atoms with Crippen molar-refractivity contribution in [3.05, 3.63) is 35.4 Å². The van der Waals surface area contributed by atoms with E-state index in [1.54, 1.807) is 0 Å². The second-order valence-corrected chi connectivity index (χ2v) is 4.77. The third kappa shape index (κ3) is 3.56. The first-order valence-electron chi connectivity index (χ1n) is 6.65. The third-order valence-electron chi connectivity index (χ3n) is 3.33. The van der Waals surface area contributed by atoms with Crippen LogP contribution in [0.15, 0.2) is 24.3 Å². The highest BCUT2D eigenvalue weighted by molar-refractivity contribution is 5.32. The van der Waals surface area contributed by atoms with E-state index < -0.39 is 0 Å². The average Bonchev–Trinajstić information content (AvgIpc) is 2.40. The van der Waals surface area contributed by atoms with E-state index in [1.165, 1.54) is 18.4 Å². The van der Waals surface area contributed by atoms with Crippen molar-refractivity contribution in [2.24, 2.45) is 0 Å². The zero-order chi connectivity index (χ0) is 12.8. The molecule has 1 aliphatic heterocycles. The molecular formula is C15H20N2O. The van der Waals surface area contributed by atoms with Crippen molar-refractivity contribution in [1.29, 1.82) is 5.26 Å². The number of piperidine rings is 1. The summed E-state index contributed by atoms with van der Waals surface area (Å²) in [6, 6.07) is 10.1. The molecule has 0 N–H and O–H groups in total. The molecule has 0 radical (unpaired) electrons. The van der Waals surface area contributed by atoms with Crippen LogP contribution in [-0.4, -0.2) is 30.7 Å². The molecule has 2 rings (SSSR count). The van der Waals surface area contributed by atoms with E-state index in [0.29, 0.717) is 6.10 Å². The maximum absolute atomic E-state index is 8.90. The molecule has 1 aromatic carbocycles. The summed E-state index contributed by atoms with van der Waals surface area (Å²) in [5.41, 5.74) is 1.96. The largest absolute Gasteiger partial charge is 0.377 e. The topological polar surface area (TPSA) is 36.3 Å². The molecule has 0 amide bonds. The molecule has 3 heteroatoms. The van der Waals surface area contributed by atoms with Gasteiger partial charge >= 0.3 is 0 Å². The van der Waals surface area contributed by atoms with Crippen molar-refractivity contribution >= 4 is 0 Å². The standard InChI is InChI=1S/C15H20N2O/c1-2-18-15-7-4-8-17(12-15)11-14-6-3-5-13(9-14)10-16/h3,5-6,9,15H,2,4,7-8,11-12H2,1H3. The van der Waals surface area contributed by atoms with Crippen LogP contribution in [0.3, 0.4) is 0 Å². The molecule has 1 fully saturated rings. The zero-order valence-electron chi connectivity index (χ0n) is 10.9. The Bertz CT molecular complexity index is 423. The van der Waals surface area contributed by atoms with E-state index in [4.69, 9.17) is 10.00 Å². The minimum atomic E-state index is 0.378. The van der Waals surface area contributed by atoms with Crippen molar-refractivity contribution in [2.45, 2.75) is 32.4 Å². The molecule has 0 aliphatic carbocycles. The molecule has 1 heterocycles. The highest BCUT2D eigenvalue weighted by Gasteiger charge is 2.19. The van der Waals surface area contributed by atoms with Gasteiger partial charge in [-0.05, 0) is 44.0 Å². The van der Waals surface area contributed by atoms with Gasteiger partial charge in [-0.2, -0.15) is 5.26 Å². The van der Waals surface area contributed by atoms with Crippen molar-refractivity contribution in [1.82, 2.24) is 4.90 Å². The summed E-state index contributed by atoms with van der Waals surface area (Å²) in [4.78, 5) is 2.42. The van der Waals surface area contributed by atoms with Gasteiger partial charge in [-0.1, -0.05) is 12.1 Å². The fraction of sp³-hybridized carbons (Fsp3) is 0.533. The maximum atomic E-state index is 8.90. The van der Waals surface area contributed by atoms with Crippen LogP contribution < -0.4 is 0 Å². The number of hydrogen-bond acceptors (Lipinski definition) is 3. The molecule has 1 aromatic rings. The Kier molecular flexibility index (Phi) is 4.74. The van der Waals surface area contributed by atoms with Crippen LogP contribution in [0.2, 0.25) is 0 Å². The summed E-state index contributed by atoms with van der Waals surface area (Å²) in [6.45, 7) is 5.89. The Morgan fingerprint density at radius 2 is 2.39 bits per heavy atom. The number of hydrogen-bond donors (Lipinski definition) is 0. The number of ether oxygens (including phenoxy) is 1. The minimum absolute atomic E-state index is 0.378. The van der Waals surface area contributed by atoms with Crippen LogP contribution in [0.1, 0.15) is 30.9 Å². The van der Waals surface area contributed by atoms with E-state index in [-0.39, 0.29) is 0 Å². The van der Waals surface area contributed by atoms with E-state index in [0.717, 1.165) is 31.8 Å². The van der Waals surface area contributed by atoms with Gasteiger partial charge in [-0.15, -0.1) is 0 Å². The number of nitriles is 1. The fourth-order valence-corrected chi connectivity index (χ4v) is 2.53. The van der Waals surface area contributed by atoms with Crippen LogP contribution in [-0.2, 0) is 11.3 Å². The molecule has 0 bridgehead atoms. The summed E-state index contributed by atoms with van der Waals surface area (Å²) >= 11 is 0. The van der Waals surface area contributed by atoms with Crippen molar-refractivity contribution in [3.8, 4) is 6.07 Å². The summed E-state index contributed by atoms with van der Waals surface area (Å²) < 4.78 is 5.70. The average molecular weight is 244 g/mol. The van der Waals surface area contributed by atoms with Crippen LogP contribution in [0.25, 0.3) is 0 Å². The Morgan fingerprint density at radius 1 is 1.50 bits per heavy atom. The van der Waals surface area contributed by atoms with E-state index in [1.807, 2.05) is 18.2 Å². The number of nitrogens with zero attached hydrogens (tertiary/aromatic N) is 2. The van der Waals surface area contributed by atoms with Gasteiger partial charge in [0.2, 0.25) is 0 Å². The molecule has 1 aliphatic rings. The third-order valence-corrected chi connectivity index (χ3v) is 3.33. The number of benzene rings is 1. The smallest absolute Gasteiger partial charge is 0.0991 e. The Balaban J connectivity index is 1.94. The Morgan fingerprint density at radius 3 is 3.17 bits per heavy atom. The second-order valence-electron chi connectivity index (χ2n) is 4.77. The predicted octanol–water partition coefficient (Wildman–Crippen LogP) is 2.56. The predicted molar refractivity (Wildman–Crippen MR) is 71.1 cm³/mol. The number of likely N-dealkylation sites (tertiary alicyclic amines) is 1. The molecule has 3 nitrogen and oxygen atoms in total.